The fourth-order valence-corrected chi connectivity index (χ4v) is 3.25. The lowest BCUT2D eigenvalue weighted by Crippen LogP contribution is -2.34. The lowest BCUT2D eigenvalue weighted by molar-refractivity contribution is 0.206. The van der Waals surface area contributed by atoms with E-state index in [9.17, 15) is 4.79 Å². The summed E-state index contributed by atoms with van der Waals surface area (Å²) in [6.45, 7) is 2.62. The van der Waals surface area contributed by atoms with E-state index in [4.69, 9.17) is 9.47 Å². The number of ether oxygens (including phenoxy) is 2. The number of aryl methyl sites for hydroxylation is 1. The summed E-state index contributed by atoms with van der Waals surface area (Å²) in [4.78, 5) is 18.8. The molecule has 132 valence electrons. The first-order chi connectivity index (χ1) is 12.1. The van der Waals surface area contributed by atoms with Crippen LogP contribution in [0.2, 0.25) is 0 Å². The zero-order valence-electron chi connectivity index (χ0n) is 14.8. The number of aromatic nitrogens is 1. The van der Waals surface area contributed by atoms with Gasteiger partial charge in [-0.2, -0.15) is 0 Å². The van der Waals surface area contributed by atoms with Crippen LogP contribution in [0.1, 0.15) is 30.1 Å². The monoisotopic (exact) mass is 341 g/mol. The van der Waals surface area contributed by atoms with Gasteiger partial charge in [0.2, 0.25) is 0 Å². The number of benzene rings is 1. The van der Waals surface area contributed by atoms with Gasteiger partial charge >= 0.3 is 6.03 Å². The highest BCUT2D eigenvalue weighted by Crippen LogP contribution is 2.38. The van der Waals surface area contributed by atoms with Gasteiger partial charge in [0.15, 0.2) is 0 Å². The van der Waals surface area contributed by atoms with Gasteiger partial charge in [-0.25, -0.2) is 4.79 Å². The van der Waals surface area contributed by atoms with Crippen LogP contribution in [0.5, 0.6) is 11.5 Å². The van der Waals surface area contributed by atoms with Crippen molar-refractivity contribution in [3.63, 3.8) is 0 Å². The summed E-state index contributed by atoms with van der Waals surface area (Å²) in [6.07, 6.45) is 3.56. The summed E-state index contributed by atoms with van der Waals surface area (Å²) in [7, 11) is 3.26. The maximum absolute atomic E-state index is 12.8. The molecule has 0 unspecified atom stereocenters. The molecule has 1 aliphatic heterocycles. The van der Waals surface area contributed by atoms with Crippen molar-refractivity contribution >= 4 is 11.7 Å². The molecule has 1 saturated heterocycles. The Kier molecular flexibility index (Phi) is 5.07. The Hall–Kier alpha value is -2.76. The number of nitrogens with zero attached hydrogens (tertiary/aromatic N) is 2. The van der Waals surface area contributed by atoms with Gasteiger partial charge in [-0.15, -0.1) is 0 Å². The van der Waals surface area contributed by atoms with Crippen LogP contribution >= 0.6 is 0 Å². The van der Waals surface area contributed by atoms with Gasteiger partial charge in [-0.3, -0.25) is 4.98 Å². The predicted octanol–water partition coefficient (Wildman–Crippen LogP) is 3.78. The van der Waals surface area contributed by atoms with Crippen LogP contribution in [-0.2, 0) is 0 Å². The average Bonchev–Trinajstić information content (AvgIpc) is 3.10. The largest absolute Gasteiger partial charge is 0.497 e. The van der Waals surface area contributed by atoms with Crippen LogP contribution in [0.25, 0.3) is 0 Å². The van der Waals surface area contributed by atoms with Crippen molar-refractivity contribution in [1.29, 1.82) is 0 Å². The van der Waals surface area contributed by atoms with Crippen molar-refractivity contribution in [1.82, 2.24) is 9.88 Å². The summed E-state index contributed by atoms with van der Waals surface area (Å²) < 4.78 is 10.8. The number of rotatable bonds is 4. The Morgan fingerprint density at radius 1 is 1.24 bits per heavy atom. The highest BCUT2D eigenvalue weighted by Gasteiger charge is 2.32. The minimum atomic E-state index is -0.106. The van der Waals surface area contributed by atoms with Gasteiger partial charge < -0.3 is 19.7 Å². The fourth-order valence-electron chi connectivity index (χ4n) is 3.25. The number of urea groups is 1. The minimum absolute atomic E-state index is 0.0104. The maximum Gasteiger partial charge on any atom is 0.322 e. The molecule has 0 saturated carbocycles. The average molecular weight is 341 g/mol. The third-order valence-electron chi connectivity index (χ3n) is 4.46. The molecule has 25 heavy (non-hydrogen) atoms. The van der Waals surface area contributed by atoms with Crippen LogP contribution in [0.4, 0.5) is 10.5 Å². The predicted molar refractivity (Wildman–Crippen MR) is 96.2 cm³/mol. The quantitative estimate of drug-likeness (QED) is 0.919. The normalized spacial score (nSPS) is 16.6. The number of hydrogen-bond donors (Lipinski definition) is 1. The molecule has 1 aromatic carbocycles. The van der Waals surface area contributed by atoms with E-state index in [0.717, 1.165) is 47.8 Å². The summed E-state index contributed by atoms with van der Waals surface area (Å²) in [5.41, 5.74) is 2.62. The van der Waals surface area contributed by atoms with Crippen molar-refractivity contribution in [2.24, 2.45) is 0 Å². The first-order valence-electron chi connectivity index (χ1n) is 8.34. The number of methoxy groups -OCH3 is 2. The smallest absolute Gasteiger partial charge is 0.322 e. The number of anilines is 1. The van der Waals surface area contributed by atoms with Gasteiger partial charge in [0.1, 0.15) is 11.5 Å². The number of likely N-dealkylation sites (tertiary alicyclic amines) is 1. The van der Waals surface area contributed by atoms with Crippen molar-refractivity contribution in [2.45, 2.75) is 25.8 Å². The van der Waals surface area contributed by atoms with E-state index in [1.165, 1.54) is 0 Å². The number of pyridine rings is 1. The van der Waals surface area contributed by atoms with Crippen LogP contribution < -0.4 is 14.8 Å². The van der Waals surface area contributed by atoms with Gasteiger partial charge in [0.05, 0.1) is 20.3 Å². The van der Waals surface area contributed by atoms with Crippen LogP contribution in [0.3, 0.4) is 0 Å². The Bertz CT molecular complexity index is 763. The molecule has 1 aliphatic rings. The summed E-state index contributed by atoms with van der Waals surface area (Å²) >= 11 is 0. The zero-order valence-corrected chi connectivity index (χ0v) is 14.8. The Balaban J connectivity index is 1.81. The zero-order chi connectivity index (χ0) is 17.8. The maximum atomic E-state index is 12.8. The number of carbonyl (C=O) groups is 1. The molecule has 0 aliphatic carbocycles. The minimum Gasteiger partial charge on any atom is -0.497 e. The molecule has 1 N–H and O–H groups in total. The number of hydrogen-bond acceptors (Lipinski definition) is 4. The lowest BCUT2D eigenvalue weighted by atomic mass is 10.0. The van der Waals surface area contributed by atoms with Gasteiger partial charge in [0, 0.05) is 35.8 Å². The van der Waals surface area contributed by atoms with Crippen molar-refractivity contribution in [2.75, 3.05) is 26.1 Å². The number of nitrogens with one attached hydrogen (secondary N) is 1. The highest BCUT2D eigenvalue weighted by atomic mass is 16.5. The summed E-state index contributed by atoms with van der Waals surface area (Å²) in [5, 5.41) is 2.97. The number of amides is 2. The first-order valence-corrected chi connectivity index (χ1v) is 8.34. The molecule has 2 amide bonds. The van der Waals surface area contributed by atoms with E-state index in [-0.39, 0.29) is 12.1 Å². The first kappa shape index (κ1) is 17.1. The van der Waals surface area contributed by atoms with E-state index < -0.39 is 0 Å². The summed E-state index contributed by atoms with van der Waals surface area (Å²) in [5.74, 6) is 1.48. The van der Waals surface area contributed by atoms with E-state index in [0.29, 0.717) is 0 Å². The second-order valence-corrected chi connectivity index (χ2v) is 6.08. The van der Waals surface area contributed by atoms with E-state index >= 15 is 0 Å². The molecule has 3 rings (SSSR count). The molecule has 1 atom stereocenters. The Morgan fingerprint density at radius 2 is 2.08 bits per heavy atom. The van der Waals surface area contributed by atoms with E-state index in [1.54, 1.807) is 26.5 Å². The van der Waals surface area contributed by atoms with Crippen LogP contribution in [0, 0.1) is 6.92 Å². The SMILES string of the molecule is COc1ccc([C@@H]2CCCN2C(=O)Nc2ccnc(C)c2)c(OC)c1. The molecule has 0 radical (unpaired) electrons. The van der Waals surface area contributed by atoms with E-state index in [1.807, 2.05) is 36.1 Å². The van der Waals surface area contributed by atoms with Crippen LogP contribution in [0.15, 0.2) is 36.5 Å². The second kappa shape index (κ2) is 7.42. The van der Waals surface area contributed by atoms with Crippen molar-refractivity contribution < 1.29 is 14.3 Å². The third kappa shape index (κ3) is 3.68. The molecule has 6 heteroatoms. The molecule has 2 aromatic rings. The second-order valence-electron chi connectivity index (χ2n) is 6.08. The summed E-state index contributed by atoms with van der Waals surface area (Å²) in [6, 6.07) is 9.27. The highest BCUT2D eigenvalue weighted by molar-refractivity contribution is 5.89. The third-order valence-corrected chi connectivity index (χ3v) is 4.46. The molecular formula is C19H23N3O3. The van der Waals surface area contributed by atoms with Gasteiger partial charge in [0.25, 0.3) is 0 Å². The Morgan fingerprint density at radius 3 is 2.80 bits per heavy atom. The van der Waals surface area contributed by atoms with E-state index in [2.05, 4.69) is 10.3 Å². The molecule has 6 nitrogen and oxygen atoms in total. The van der Waals surface area contributed by atoms with Crippen molar-refractivity contribution in [3.8, 4) is 11.5 Å². The van der Waals surface area contributed by atoms with Gasteiger partial charge in [-0.1, -0.05) is 0 Å². The standard InChI is InChI=1S/C19H23N3O3/c1-13-11-14(8-9-20-13)21-19(23)22-10-4-5-17(22)16-7-6-15(24-2)12-18(16)25-3/h6-9,11-12,17H,4-5,10H2,1-3H3,(H,20,21,23)/t17-/m0/s1. The molecule has 0 bridgehead atoms. The molecule has 2 heterocycles. The van der Waals surface area contributed by atoms with Crippen LogP contribution in [-0.4, -0.2) is 36.7 Å². The Labute approximate surface area is 147 Å². The molecule has 1 aromatic heterocycles. The number of carbonyl (C=O) groups excluding carboxylic acids is 1. The molecule has 0 spiro atoms. The molecule has 1 fully saturated rings. The molecular weight excluding hydrogens is 318 g/mol. The topological polar surface area (TPSA) is 63.7 Å². The van der Waals surface area contributed by atoms with Crippen molar-refractivity contribution in [3.05, 3.63) is 47.8 Å². The lowest BCUT2D eigenvalue weighted by Gasteiger charge is -2.26. The fraction of sp³-hybridized carbons (Fsp3) is 0.368. The van der Waals surface area contributed by atoms with Gasteiger partial charge in [-0.05, 0) is 44.0 Å².